The quantitative estimate of drug-likeness (QED) is 0.565. The molecule has 0 bridgehead atoms. The Kier molecular flexibility index (Phi) is 6.24. The lowest BCUT2D eigenvalue weighted by molar-refractivity contribution is -0.118. The Morgan fingerprint density at radius 1 is 1.00 bits per heavy atom. The SMILES string of the molecule is Cc1ccccc1NC(=O)COc1ccc(Cl)cc1C(=O)c1cc(F)cc(F)c1. The van der Waals surface area contributed by atoms with Gasteiger partial charge in [-0.3, -0.25) is 9.59 Å². The molecule has 3 aromatic rings. The van der Waals surface area contributed by atoms with Crippen molar-refractivity contribution in [2.24, 2.45) is 0 Å². The summed E-state index contributed by atoms with van der Waals surface area (Å²) in [6.45, 7) is 1.48. The number of aryl methyl sites for hydroxylation is 1. The van der Waals surface area contributed by atoms with Gasteiger partial charge in [-0.05, 0) is 48.9 Å². The lowest BCUT2D eigenvalue weighted by Gasteiger charge is -2.12. The third kappa shape index (κ3) is 5.18. The van der Waals surface area contributed by atoms with Gasteiger partial charge in [-0.25, -0.2) is 8.78 Å². The van der Waals surface area contributed by atoms with Crippen molar-refractivity contribution in [3.05, 3.63) is 94.0 Å². The number of amides is 1. The average Bonchev–Trinajstić information content (AvgIpc) is 2.67. The smallest absolute Gasteiger partial charge is 0.262 e. The summed E-state index contributed by atoms with van der Waals surface area (Å²) in [6, 6.07) is 14.0. The van der Waals surface area contributed by atoms with Crippen molar-refractivity contribution >= 4 is 29.0 Å². The highest BCUT2D eigenvalue weighted by Crippen LogP contribution is 2.26. The van der Waals surface area contributed by atoms with Crippen LogP contribution in [0.15, 0.2) is 60.7 Å². The van der Waals surface area contributed by atoms with Gasteiger partial charge in [0.15, 0.2) is 12.4 Å². The molecule has 0 aliphatic rings. The second-order valence-corrected chi connectivity index (χ2v) is 6.72. The van der Waals surface area contributed by atoms with Crippen LogP contribution in [0.1, 0.15) is 21.5 Å². The first kappa shape index (κ1) is 20.5. The fourth-order valence-corrected chi connectivity index (χ4v) is 2.86. The summed E-state index contributed by atoms with van der Waals surface area (Å²) >= 11 is 5.96. The molecular formula is C22H16ClF2NO3. The van der Waals surface area contributed by atoms with Crippen molar-refractivity contribution in [3.8, 4) is 5.75 Å². The molecule has 1 amide bonds. The van der Waals surface area contributed by atoms with Gasteiger partial charge in [0.25, 0.3) is 5.91 Å². The Hall–Kier alpha value is -3.25. The van der Waals surface area contributed by atoms with Crippen LogP contribution < -0.4 is 10.1 Å². The van der Waals surface area contributed by atoms with Crippen molar-refractivity contribution in [2.45, 2.75) is 6.92 Å². The van der Waals surface area contributed by atoms with Crippen LogP contribution in [0.5, 0.6) is 5.75 Å². The van der Waals surface area contributed by atoms with E-state index in [4.69, 9.17) is 16.3 Å². The molecule has 29 heavy (non-hydrogen) atoms. The van der Waals surface area contributed by atoms with E-state index in [-0.39, 0.29) is 28.5 Å². The topological polar surface area (TPSA) is 55.4 Å². The molecule has 4 nitrogen and oxygen atoms in total. The lowest BCUT2D eigenvalue weighted by Crippen LogP contribution is -2.21. The van der Waals surface area contributed by atoms with Crippen LogP contribution in [0.3, 0.4) is 0 Å². The van der Waals surface area contributed by atoms with Crippen molar-refractivity contribution < 1.29 is 23.1 Å². The normalized spacial score (nSPS) is 10.5. The maximum absolute atomic E-state index is 13.5. The maximum Gasteiger partial charge on any atom is 0.262 e. The van der Waals surface area contributed by atoms with Gasteiger partial charge in [0.1, 0.15) is 17.4 Å². The van der Waals surface area contributed by atoms with E-state index in [0.717, 1.165) is 17.7 Å². The number of para-hydroxylation sites is 1. The van der Waals surface area contributed by atoms with Gasteiger partial charge < -0.3 is 10.1 Å². The van der Waals surface area contributed by atoms with Crippen molar-refractivity contribution in [2.75, 3.05) is 11.9 Å². The molecule has 0 aliphatic heterocycles. The Morgan fingerprint density at radius 3 is 2.38 bits per heavy atom. The summed E-state index contributed by atoms with van der Waals surface area (Å²) < 4.78 is 32.4. The van der Waals surface area contributed by atoms with E-state index in [9.17, 15) is 18.4 Å². The van der Waals surface area contributed by atoms with Crippen molar-refractivity contribution in [1.82, 2.24) is 0 Å². The van der Waals surface area contributed by atoms with Crippen LogP contribution in [0, 0.1) is 18.6 Å². The van der Waals surface area contributed by atoms with E-state index in [0.29, 0.717) is 11.8 Å². The summed E-state index contributed by atoms with van der Waals surface area (Å²) in [5, 5.41) is 2.95. The summed E-state index contributed by atoms with van der Waals surface area (Å²) in [6.07, 6.45) is 0. The standard InChI is InChI=1S/C22H16ClF2NO3/c1-13-4-2-3-5-19(13)26-21(27)12-29-20-7-6-15(23)10-18(20)22(28)14-8-16(24)11-17(25)9-14/h2-11H,12H2,1H3,(H,26,27). The Balaban J connectivity index is 1.79. The predicted octanol–water partition coefficient (Wildman–Crippen LogP) is 5.18. The molecule has 0 unspecified atom stereocenters. The summed E-state index contributed by atoms with van der Waals surface area (Å²) in [5.41, 5.74) is 1.32. The lowest BCUT2D eigenvalue weighted by atomic mass is 10.0. The van der Waals surface area contributed by atoms with Gasteiger partial charge in [-0.2, -0.15) is 0 Å². The van der Waals surface area contributed by atoms with Crippen LogP contribution in [-0.2, 0) is 4.79 Å². The van der Waals surface area contributed by atoms with E-state index in [1.165, 1.54) is 18.2 Å². The molecule has 0 aromatic heterocycles. The van der Waals surface area contributed by atoms with Crippen LogP contribution in [0.4, 0.5) is 14.5 Å². The van der Waals surface area contributed by atoms with E-state index in [1.54, 1.807) is 12.1 Å². The van der Waals surface area contributed by atoms with Crippen LogP contribution in [0.25, 0.3) is 0 Å². The minimum atomic E-state index is -0.879. The molecule has 3 rings (SSSR count). The molecule has 3 aromatic carbocycles. The van der Waals surface area contributed by atoms with Gasteiger partial charge in [-0.15, -0.1) is 0 Å². The highest BCUT2D eigenvalue weighted by molar-refractivity contribution is 6.31. The highest BCUT2D eigenvalue weighted by Gasteiger charge is 2.18. The number of carbonyl (C=O) groups is 2. The molecule has 0 fully saturated rings. The molecule has 0 radical (unpaired) electrons. The number of ether oxygens (including phenoxy) is 1. The number of benzene rings is 3. The molecule has 7 heteroatoms. The van der Waals surface area contributed by atoms with Crippen LogP contribution in [0.2, 0.25) is 5.02 Å². The van der Waals surface area contributed by atoms with Gasteiger partial charge in [0.05, 0.1) is 5.56 Å². The van der Waals surface area contributed by atoms with Crippen molar-refractivity contribution in [3.63, 3.8) is 0 Å². The predicted molar refractivity (Wildman–Crippen MR) is 107 cm³/mol. The summed E-state index contributed by atoms with van der Waals surface area (Å²) in [5.74, 6) is -2.79. The van der Waals surface area contributed by atoms with Crippen LogP contribution >= 0.6 is 11.6 Å². The molecule has 0 atom stereocenters. The zero-order chi connectivity index (χ0) is 21.0. The number of carbonyl (C=O) groups excluding carboxylic acids is 2. The fraction of sp³-hybridized carbons (Fsp3) is 0.0909. The molecule has 0 heterocycles. The van der Waals surface area contributed by atoms with Gasteiger partial charge >= 0.3 is 0 Å². The van der Waals surface area contributed by atoms with Gasteiger partial charge in [-0.1, -0.05) is 29.8 Å². The summed E-state index contributed by atoms with van der Waals surface area (Å²) in [7, 11) is 0. The third-order valence-electron chi connectivity index (χ3n) is 4.09. The fourth-order valence-electron chi connectivity index (χ4n) is 2.69. The Bertz CT molecular complexity index is 1070. The third-order valence-corrected chi connectivity index (χ3v) is 4.32. The zero-order valence-electron chi connectivity index (χ0n) is 15.3. The second-order valence-electron chi connectivity index (χ2n) is 6.28. The molecule has 0 saturated heterocycles. The number of halogens is 3. The van der Waals surface area contributed by atoms with E-state index < -0.39 is 23.3 Å². The molecule has 0 spiro atoms. The monoisotopic (exact) mass is 415 g/mol. The molecule has 148 valence electrons. The first-order valence-corrected chi connectivity index (χ1v) is 9.00. The minimum absolute atomic E-state index is 0.00816. The van der Waals surface area contributed by atoms with Gasteiger partial charge in [0.2, 0.25) is 0 Å². The Labute approximate surface area is 171 Å². The molecule has 0 saturated carbocycles. The number of hydrogen-bond donors (Lipinski definition) is 1. The summed E-state index contributed by atoms with van der Waals surface area (Å²) in [4.78, 5) is 24.9. The first-order valence-electron chi connectivity index (χ1n) is 8.62. The zero-order valence-corrected chi connectivity index (χ0v) is 16.1. The van der Waals surface area contributed by atoms with Crippen LogP contribution in [-0.4, -0.2) is 18.3 Å². The molecule has 0 aliphatic carbocycles. The van der Waals surface area contributed by atoms with Crippen molar-refractivity contribution in [1.29, 1.82) is 0 Å². The number of rotatable bonds is 6. The van der Waals surface area contributed by atoms with E-state index in [1.807, 2.05) is 19.1 Å². The minimum Gasteiger partial charge on any atom is -0.483 e. The maximum atomic E-state index is 13.5. The molecule has 1 N–H and O–H groups in total. The van der Waals surface area contributed by atoms with Gasteiger partial charge in [0, 0.05) is 22.3 Å². The molecular weight excluding hydrogens is 400 g/mol. The highest BCUT2D eigenvalue weighted by atomic mass is 35.5. The van der Waals surface area contributed by atoms with E-state index in [2.05, 4.69) is 5.32 Å². The Morgan fingerprint density at radius 2 is 1.69 bits per heavy atom. The average molecular weight is 416 g/mol. The first-order chi connectivity index (χ1) is 13.8. The number of anilines is 1. The number of hydrogen-bond acceptors (Lipinski definition) is 3. The largest absolute Gasteiger partial charge is 0.483 e. The van der Waals surface area contributed by atoms with E-state index >= 15 is 0 Å². The number of ketones is 1. The second kappa shape index (κ2) is 8.84. The number of nitrogens with one attached hydrogen (secondary N) is 1.